The summed E-state index contributed by atoms with van der Waals surface area (Å²) in [6.07, 6.45) is -0.278. The Labute approximate surface area is 91.5 Å². The van der Waals surface area contributed by atoms with E-state index in [1.165, 1.54) is 0 Å². The first-order chi connectivity index (χ1) is 7.13. The van der Waals surface area contributed by atoms with Gasteiger partial charge < -0.3 is 15.2 Å². The van der Waals surface area contributed by atoms with Crippen LogP contribution in [-0.2, 0) is 14.3 Å². The number of rotatable bonds is 9. The number of nitrogens with zero attached hydrogens (tertiary/aromatic N) is 1. The first-order valence-electron chi connectivity index (χ1n) is 5.37. The van der Waals surface area contributed by atoms with Gasteiger partial charge in [0.25, 0.3) is 0 Å². The SMILES string of the molecule is CCOC(CN(CC)CC(N)=O)OCC. The number of carbonyl (C=O) groups is 1. The number of amides is 1. The van der Waals surface area contributed by atoms with Crippen molar-refractivity contribution in [3.63, 3.8) is 0 Å². The lowest BCUT2D eigenvalue weighted by molar-refractivity contribution is -0.148. The van der Waals surface area contributed by atoms with E-state index in [2.05, 4.69) is 0 Å². The zero-order valence-corrected chi connectivity index (χ0v) is 9.86. The highest BCUT2D eigenvalue weighted by Crippen LogP contribution is 1.99. The van der Waals surface area contributed by atoms with Crippen LogP contribution < -0.4 is 5.73 Å². The molecule has 5 nitrogen and oxygen atoms in total. The van der Waals surface area contributed by atoms with Crippen molar-refractivity contribution in [1.29, 1.82) is 0 Å². The molecule has 0 aliphatic rings. The van der Waals surface area contributed by atoms with Crippen molar-refractivity contribution in [1.82, 2.24) is 4.90 Å². The number of likely N-dealkylation sites (N-methyl/N-ethyl adjacent to an activating group) is 1. The van der Waals surface area contributed by atoms with Gasteiger partial charge in [-0.1, -0.05) is 6.92 Å². The van der Waals surface area contributed by atoms with Crippen LogP contribution in [0.15, 0.2) is 0 Å². The molecule has 0 rings (SSSR count). The minimum Gasteiger partial charge on any atom is -0.369 e. The molecule has 0 spiro atoms. The number of hydrogen-bond donors (Lipinski definition) is 1. The summed E-state index contributed by atoms with van der Waals surface area (Å²) < 4.78 is 10.8. The summed E-state index contributed by atoms with van der Waals surface area (Å²) in [6.45, 7) is 8.55. The predicted octanol–water partition coefficient (Wildman–Crippen LogP) is 0.193. The Kier molecular flexibility index (Phi) is 8.27. The molecule has 0 aromatic rings. The minimum atomic E-state index is -0.330. The van der Waals surface area contributed by atoms with Crippen LogP contribution in [0.5, 0.6) is 0 Å². The molecular formula is C10H22N2O3. The van der Waals surface area contributed by atoms with Crippen molar-refractivity contribution >= 4 is 5.91 Å². The Bertz CT molecular complexity index is 170. The maximum absolute atomic E-state index is 10.8. The number of ether oxygens (including phenoxy) is 2. The summed E-state index contributed by atoms with van der Waals surface area (Å²) in [7, 11) is 0. The molecule has 15 heavy (non-hydrogen) atoms. The highest BCUT2D eigenvalue weighted by Gasteiger charge is 2.14. The van der Waals surface area contributed by atoms with E-state index in [9.17, 15) is 4.79 Å². The fourth-order valence-electron chi connectivity index (χ4n) is 1.26. The van der Waals surface area contributed by atoms with Crippen molar-refractivity contribution in [2.75, 3.05) is 32.8 Å². The molecule has 0 aliphatic carbocycles. The maximum Gasteiger partial charge on any atom is 0.231 e. The van der Waals surface area contributed by atoms with Crippen LogP contribution >= 0.6 is 0 Å². The molecule has 0 radical (unpaired) electrons. The predicted molar refractivity (Wildman–Crippen MR) is 58.3 cm³/mol. The summed E-state index contributed by atoms with van der Waals surface area (Å²) in [6, 6.07) is 0. The Morgan fingerprint density at radius 2 is 1.80 bits per heavy atom. The minimum absolute atomic E-state index is 0.243. The van der Waals surface area contributed by atoms with Gasteiger partial charge in [0.05, 0.1) is 13.1 Å². The normalized spacial score (nSPS) is 11.3. The number of nitrogens with two attached hydrogens (primary N) is 1. The van der Waals surface area contributed by atoms with E-state index in [0.29, 0.717) is 19.8 Å². The molecular weight excluding hydrogens is 196 g/mol. The lowest BCUT2D eigenvalue weighted by Gasteiger charge is -2.24. The molecule has 0 saturated carbocycles. The Balaban J connectivity index is 4.02. The Morgan fingerprint density at radius 1 is 1.27 bits per heavy atom. The van der Waals surface area contributed by atoms with Crippen LogP contribution in [0, 0.1) is 0 Å². The topological polar surface area (TPSA) is 64.8 Å². The van der Waals surface area contributed by atoms with E-state index in [4.69, 9.17) is 15.2 Å². The second-order valence-corrected chi connectivity index (χ2v) is 3.13. The van der Waals surface area contributed by atoms with Crippen LogP contribution in [0.2, 0.25) is 0 Å². The maximum atomic E-state index is 10.8. The molecule has 0 saturated heterocycles. The highest BCUT2D eigenvalue weighted by atomic mass is 16.7. The summed E-state index contributed by atoms with van der Waals surface area (Å²) in [5.41, 5.74) is 5.13. The monoisotopic (exact) mass is 218 g/mol. The molecule has 0 bridgehead atoms. The molecule has 0 aliphatic heterocycles. The van der Waals surface area contributed by atoms with Gasteiger partial charge in [-0.15, -0.1) is 0 Å². The fourth-order valence-corrected chi connectivity index (χ4v) is 1.26. The summed E-state index contributed by atoms with van der Waals surface area (Å²) in [5, 5.41) is 0. The molecule has 0 aromatic heterocycles. The smallest absolute Gasteiger partial charge is 0.231 e. The zero-order valence-electron chi connectivity index (χ0n) is 9.86. The molecule has 0 fully saturated rings. The highest BCUT2D eigenvalue weighted by molar-refractivity contribution is 5.75. The molecule has 0 unspecified atom stereocenters. The number of hydrogen-bond acceptors (Lipinski definition) is 4. The van der Waals surface area contributed by atoms with Gasteiger partial charge in [0.15, 0.2) is 6.29 Å². The first kappa shape index (κ1) is 14.3. The standard InChI is InChI=1S/C10H22N2O3/c1-4-12(7-9(11)13)8-10(14-5-2)15-6-3/h10H,4-8H2,1-3H3,(H2,11,13). The molecule has 0 atom stereocenters. The van der Waals surface area contributed by atoms with E-state index in [0.717, 1.165) is 6.54 Å². The van der Waals surface area contributed by atoms with Crippen LogP contribution in [0.3, 0.4) is 0 Å². The van der Waals surface area contributed by atoms with Crippen LogP contribution in [0.4, 0.5) is 0 Å². The van der Waals surface area contributed by atoms with E-state index < -0.39 is 0 Å². The third-order valence-electron chi connectivity index (χ3n) is 1.94. The van der Waals surface area contributed by atoms with Gasteiger partial charge in [0.1, 0.15) is 0 Å². The number of carbonyl (C=O) groups excluding carboxylic acids is 1. The van der Waals surface area contributed by atoms with Crippen molar-refractivity contribution in [3.8, 4) is 0 Å². The largest absolute Gasteiger partial charge is 0.369 e. The average molecular weight is 218 g/mol. The third-order valence-corrected chi connectivity index (χ3v) is 1.94. The third kappa shape index (κ3) is 7.30. The molecule has 90 valence electrons. The number of primary amides is 1. The zero-order chi connectivity index (χ0) is 11.7. The lowest BCUT2D eigenvalue weighted by atomic mass is 10.4. The molecule has 2 N–H and O–H groups in total. The van der Waals surface area contributed by atoms with Crippen molar-refractivity contribution < 1.29 is 14.3 Å². The first-order valence-corrected chi connectivity index (χ1v) is 5.37. The van der Waals surface area contributed by atoms with Gasteiger partial charge >= 0.3 is 0 Å². The molecule has 5 heteroatoms. The van der Waals surface area contributed by atoms with Crippen molar-refractivity contribution in [2.45, 2.75) is 27.1 Å². The Morgan fingerprint density at radius 3 is 2.13 bits per heavy atom. The molecule has 0 aromatic carbocycles. The lowest BCUT2D eigenvalue weighted by Crippen LogP contribution is -2.40. The van der Waals surface area contributed by atoms with Gasteiger partial charge in [-0.3, -0.25) is 9.69 Å². The van der Waals surface area contributed by atoms with Crippen LogP contribution in [0.25, 0.3) is 0 Å². The summed E-state index contributed by atoms with van der Waals surface area (Å²) in [4.78, 5) is 12.7. The molecule has 0 heterocycles. The second kappa shape index (κ2) is 8.64. The van der Waals surface area contributed by atoms with E-state index >= 15 is 0 Å². The van der Waals surface area contributed by atoms with Gasteiger partial charge in [-0.25, -0.2) is 0 Å². The Hall–Kier alpha value is -0.650. The van der Waals surface area contributed by atoms with Crippen LogP contribution in [0.1, 0.15) is 20.8 Å². The van der Waals surface area contributed by atoms with Gasteiger partial charge in [0.2, 0.25) is 5.91 Å². The van der Waals surface area contributed by atoms with Crippen LogP contribution in [-0.4, -0.2) is 49.9 Å². The average Bonchev–Trinajstić information content (AvgIpc) is 2.16. The quantitative estimate of drug-likeness (QED) is 0.561. The van der Waals surface area contributed by atoms with E-state index in [1.54, 1.807) is 0 Å². The summed E-state index contributed by atoms with van der Waals surface area (Å²) in [5.74, 6) is -0.330. The molecule has 1 amide bonds. The van der Waals surface area contributed by atoms with E-state index in [-0.39, 0.29) is 18.7 Å². The van der Waals surface area contributed by atoms with Gasteiger partial charge in [-0.05, 0) is 20.4 Å². The second-order valence-electron chi connectivity index (χ2n) is 3.13. The van der Waals surface area contributed by atoms with Crippen molar-refractivity contribution in [3.05, 3.63) is 0 Å². The van der Waals surface area contributed by atoms with E-state index in [1.807, 2.05) is 25.7 Å². The summed E-state index contributed by atoms with van der Waals surface area (Å²) >= 11 is 0. The van der Waals surface area contributed by atoms with Crippen molar-refractivity contribution in [2.24, 2.45) is 5.73 Å². The van der Waals surface area contributed by atoms with Gasteiger partial charge in [0, 0.05) is 13.2 Å². The fraction of sp³-hybridized carbons (Fsp3) is 0.900. The van der Waals surface area contributed by atoms with Gasteiger partial charge in [-0.2, -0.15) is 0 Å².